The predicted molar refractivity (Wildman–Crippen MR) is 76.1 cm³/mol. The van der Waals surface area contributed by atoms with Crippen LogP contribution in [0.5, 0.6) is 0 Å². The summed E-state index contributed by atoms with van der Waals surface area (Å²) < 4.78 is 0. The van der Waals surface area contributed by atoms with Crippen molar-refractivity contribution in [2.75, 3.05) is 0 Å². The van der Waals surface area contributed by atoms with Gasteiger partial charge in [-0.3, -0.25) is 4.79 Å². The van der Waals surface area contributed by atoms with Crippen LogP contribution in [0.25, 0.3) is 0 Å². The number of hydrogen-bond donors (Lipinski definition) is 0. The molecule has 0 spiro atoms. The van der Waals surface area contributed by atoms with Crippen molar-refractivity contribution in [2.45, 2.75) is 27.7 Å². The molecular weight excluding hydrogens is 232 g/mol. The minimum Gasteiger partial charge on any atom is -0.298 e. The van der Waals surface area contributed by atoms with Gasteiger partial charge in [0.05, 0.1) is 0 Å². The van der Waals surface area contributed by atoms with Gasteiger partial charge in [-0.05, 0) is 51.0 Å². The van der Waals surface area contributed by atoms with Crippen molar-refractivity contribution >= 4 is 17.9 Å². The van der Waals surface area contributed by atoms with Gasteiger partial charge in [-0.2, -0.15) is 0 Å². The third-order valence-electron chi connectivity index (χ3n) is 2.18. The molecule has 0 unspecified atom stereocenters. The summed E-state index contributed by atoms with van der Waals surface area (Å²) in [5.41, 5.74) is 3.98. The zero-order valence-electron chi connectivity index (χ0n) is 10.9. The van der Waals surface area contributed by atoms with E-state index in [1.807, 2.05) is 26.8 Å². The molecule has 0 saturated carbocycles. The van der Waals surface area contributed by atoms with Gasteiger partial charge in [-0.15, -0.1) is 0 Å². The number of carbonyl (C=O) groups is 1. The first kappa shape index (κ1) is 15.7. The van der Waals surface area contributed by atoms with E-state index in [0.717, 1.165) is 28.6 Å². The lowest BCUT2D eigenvalue weighted by Crippen LogP contribution is -1.90. The highest BCUT2D eigenvalue weighted by Gasteiger charge is 2.01. The van der Waals surface area contributed by atoms with E-state index < -0.39 is 0 Å². The number of aldehydes is 1. The minimum atomic E-state index is 0.553. The molecule has 0 amide bonds. The van der Waals surface area contributed by atoms with Gasteiger partial charge in [0, 0.05) is 10.6 Å². The molecule has 0 radical (unpaired) electrons. The van der Waals surface area contributed by atoms with Crippen LogP contribution < -0.4 is 0 Å². The first-order valence-corrected chi connectivity index (χ1v) is 5.70. The van der Waals surface area contributed by atoms with Crippen molar-refractivity contribution in [3.63, 3.8) is 0 Å². The second kappa shape index (κ2) is 7.08. The Kier molecular flexibility index (Phi) is 6.52. The molecule has 0 aliphatic heterocycles. The van der Waals surface area contributed by atoms with E-state index in [1.54, 1.807) is 13.0 Å². The second-order valence-electron chi connectivity index (χ2n) is 4.23. The van der Waals surface area contributed by atoms with Crippen LogP contribution in [0, 0.1) is 0 Å². The summed E-state index contributed by atoms with van der Waals surface area (Å²) in [6.45, 7) is 15.1. The smallest absolute Gasteiger partial charge is 0.150 e. The van der Waals surface area contributed by atoms with Gasteiger partial charge in [0.25, 0.3) is 0 Å². The quantitative estimate of drug-likeness (QED) is 0.392. The number of allylic oxidation sites excluding steroid dienone is 8. The van der Waals surface area contributed by atoms with Gasteiger partial charge in [-0.1, -0.05) is 35.9 Å². The lowest BCUT2D eigenvalue weighted by Gasteiger charge is -2.05. The standard InChI is InChI=1S/C15H19ClO/c1-10(2)13(8-15(16)12(5)6)7-14(9-17)11(3)4/h7-9H,1,3H2,2,4-6H3/b13-8-,14-7-. The normalized spacial score (nSPS) is 12.1. The molecule has 0 bridgehead atoms. The summed E-state index contributed by atoms with van der Waals surface area (Å²) in [5.74, 6) is 0. The molecule has 0 aliphatic carbocycles. The summed E-state index contributed by atoms with van der Waals surface area (Å²) in [4.78, 5) is 10.9. The summed E-state index contributed by atoms with van der Waals surface area (Å²) in [5, 5.41) is 0.659. The number of hydrogen-bond acceptors (Lipinski definition) is 1. The van der Waals surface area contributed by atoms with Crippen LogP contribution in [0.2, 0.25) is 0 Å². The molecular formula is C15H19ClO. The molecule has 0 atom stereocenters. The Labute approximate surface area is 109 Å². The zero-order valence-corrected chi connectivity index (χ0v) is 11.7. The molecule has 0 aromatic heterocycles. The van der Waals surface area contributed by atoms with Gasteiger partial charge >= 0.3 is 0 Å². The summed E-state index contributed by atoms with van der Waals surface area (Å²) in [6, 6.07) is 0. The van der Waals surface area contributed by atoms with Crippen molar-refractivity contribution < 1.29 is 4.79 Å². The SMILES string of the molecule is C=C(C)C(=C\C(Cl)=C(C)C)/C=C(/C=O)C(=C)C. The minimum absolute atomic E-state index is 0.553. The average molecular weight is 251 g/mol. The van der Waals surface area contributed by atoms with Gasteiger partial charge in [0.1, 0.15) is 6.29 Å². The molecule has 1 nitrogen and oxygen atoms in total. The Morgan fingerprint density at radius 3 is 1.71 bits per heavy atom. The third kappa shape index (κ3) is 5.50. The Hall–Kier alpha value is -1.34. The molecule has 2 heteroatoms. The molecule has 92 valence electrons. The largest absolute Gasteiger partial charge is 0.298 e. The van der Waals surface area contributed by atoms with Crippen LogP contribution in [-0.2, 0) is 4.79 Å². The summed E-state index contributed by atoms with van der Waals surface area (Å²) in [7, 11) is 0. The molecule has 0 saturated heterocycles. The van der Waals surface area contributed by atoms with Crippen LogP contribution in [-0.4, -0.2) is 6.29 Å². The van der Waals surface area contributed by atoms with Gasteiger partial charge in [0.2, 0.25) is 0 Å². The highest BCUT2D eigenvalue weighted by molar-refractivity contribution is 6.31. The molecule has 0 rings (SSSR count). The van der Waals surface area contributed by atoms with E-state index >= 15 is 0 Å². The molecule has 17 heavy (non-hydrogen) atoms. The monoisotopic (exact) mass is 250 g/mol. The van der Waals surface area contributed by atoms with Crippen LogP contribution in [0.15, 0.2) is 58.2 Å². The van der Waals surface area contributed by atoms with Crippen molar-refractivity contribution in [3.05, 3.63) is 58.2 Å². The maximum absolute atomic E-state index is 10.9. The van der Waals surface area contributed by atoms with Crippen LogP contribution in [0.3, 0.4) is 0 Å². The van der Waals surface area contributed by atoms with Crippen LogP contribution >= 0.6 is 11.6 Å². The first-order valence-electron chi connectivity index (χ1n) is 5.33. The fraction of sp³-hybridized carbons (Fsp3) is 0.267. The Bertz CT molecular complexity index is 430. The molecule has 0 heterocycles. The third-order valence-corrected chi connectivity index (χ3v) is 2.67. The van der Waals surface area contributed by atoms with E-state index in [9.17, 15) is 4.79 Å². The van der Waals surface area contributed by atoms with E-state index in [-0.39, 0.29) is 0 Å². The lowest BCUT2D eigenvalue weighted by atomic mass is 10.0. The Morgan fingerprint density at radius 1 is 0.941 bits per heavy atom. The number of carbonyl (C=O) groups excluding carboxylic acids is 1. The summed E-state index contributed by atoms with van der Waals surface area (Å²) in [6.07, 6.45) is 4.35. The van der Waals surface area contributed by atoms with Crippen LogP contribution in [0.1, 0.15) is 27.7 Å². The maximum Gasteiger partial charge on any atom is 0.150 e. The van der Waals surface area contributed by atoms with Gasteiger partial charge in [0.15, 0.2) is 0 Å². The Morgan fingerprint density at radius 2 is 1.41 bits per heavy atom. The predicted octanol–water partition coefficient (Wildman–Crippen LogP) is 4.72. The van der Waals surface area contributed by atoms with Gasteiger partial charge in [-0.25, -0.2) is 0 Å². The zero-order chi connectivity index (χ0) is 13.6. The molecule has 0 N–H and O–H groups in total. The van der Waals surface area contributed by atoms with E-state index in [4.69, 9.17) is 11.6 Å². The number of halogens is 1. The Balaban J connectivity index is 5.58. The lowest BCUT2D eigenvalue weighted by molar-refractivity contribution is -0.104. The molecule has 0 aromatic carbocycles. The van der Waals surface area contributed by atoms with E-state index in [0.29, 0.717) is 10.6 Å². The van der Waals surface area contributed by atoms with Crippen LogP contribution in [0.4, 0.5) is 0 Å². The first-order chi connectivity index (χ1) is 7.79. The average Bonchev–Trinajstić information content (AvgIpc) is 2.22. The molecule has 0 aliphatic rings. The van der Waals surface area contributed by atoms with Crippen molar-refractivity contribution in [1.29, 1.82) is 0 Å². The summed E-state index contributed by atoms with van der Waals surface area (Å²) >= 11 is 6.08. The highest BCUT2D eigenvalue weighted by atomic mass is 35.5. The van der Waals surface area contributed by atoms with E-state index in [2.05, 4.69) is 13.2 Å². The topological polar surface area (TPSA) is 17.1 Å². The number of rotatable bonds is 5. The van der Waals surface area contributed by atoms with Crippen molar-refractivity contribution in [3.8, 4) is 0 Å². The van der Waals surface area contributed by atoms with E-state index in [1.165, 1.54) is 0 Å². The van der Waals surface area contributed by atoms with Crippen molar-refractivity contribution in [2.24, 2.45) is 0 Å². The molecule has 0 aromatic rings. The fourth-order valence-electron chi connectivity index (χ4n) is 0.994. The fourth-order valence-corrected chi connectivity index (χ4v) is 1.11. The van der Waals surface area contributed by atoms with Crippen molar-refractivity contribution in [1.82, 2.24) is 0 Å². The maximum atomic E-state index is 10.9. The van der Waals surface area contributed by atoms with Gasteiger partial charge < -0.3 is 0 Å². The highest BCUT2D eigenvalue weighted by Crippen LogP contribution is 2.20. The second-order valence-corrected chi connectivity index (χ2v) is 4.63. The molecule has 0 fully saturated rings.